The summed E-state index contributed by atoms with van der Waals surface area (Å²) in [7, 11) is -4.19. The van der Waals surface area contributed by atoms with Gasteiger partial charge in [-0.15, -0.1) is 6.58 Å². The van der Waals surface area contributed by atoms with E-state index in [1.165, 1.54) is 6.08 Å². The highest BCUT2D eigenvalue weighted by Gasteiger charge is 2.27. The fraction of sp³-hybridized carbons (Fsp3) is 0.120. The Kier molecular flexibility index (Phi) is 7.80. The van der Waals surface area contributed by atoms with Gasteiger partial charge in [0.2, 0.25) is 5.91 Å². The lowest BCUT2D eigenvalue weighted by Crippen LogP contribution is -2.38. The summed E-state index contributed by atoms with van der Waals surface area (Å²) in [4.78, 5) is 25.2. The number of anilines is 2. The van der Waals surface area contributed by atoms with Crippen molar-refractivity contribution in [3.63, 3.8) is 0 Å². The number of rotatable bonds is 9. The molecule has 176 valence electrons. The molecule has 34 heavy (non-hydrogen) atoms. The average molecular weight is 482 g/mol. The summed E-state index contributed by atoms with van der Waals surface area (Å²) in [5.41, 5.74) is 1.63. The largest absolute Gasteiger partial charge is 0.349 e. The van der Waals surface area contributed by atoms with Crippen LogP contribution >= 0.6 is 0 Å². The summed E-state index contributed by atoms with van der Waals surface area (Å²) in [6.45, 7) is 5.08. The van der Waals surface area contributed by atoms with Gasteiger partial charge >= 0.3 is 0 Å². The van der Waals surface area contributed by atoms with Crippen LogP contribution in [0.2, 0.25) is 0 Å². The third-order valence-electron chi connectivity index (χ3n) is 4.86. The molecule has 0 saturated heterocycles. The smallest absolute Gasteiger partial charge is 0.264 e. The van der Waals surface area contributed by atoms with Crippen molar-refractivity contribution in [3.8, 4) is 0 Å². The zero-order chi connectivity index (χ0) is 24.7. The molecule has 9 heteroatoms. The third kappa shape index (κ3) is 5.87. The molecule has 3 rings (SSSR count). The molecular weight excluding hydrogens is 457 g/mol. The number of hydrogen-bond donors (Lipinski definition) is 2. The minimum Gasteiger partial charge on any atom is -0.349 e. The summed E-state index contributed by atoms with van der Waals surface area (Å²) < 4.78 is 41.0. The first-order valence-electron chi connectivity index (χ1n) is 10.4. The van der Waals surface area contributed by atoms with E-state index in [4.69, 9.17) is 0 Å². The maximum absolute atomic E-state index is 13.4. The third-order valence-corrected chi connectivity index (χ3v) is 6.65. The van der Waals surface area contributed by atoms with E-state index in [9.17, 15) is 22.4 Å². The van der Waals surface area contributed by atoms with Crippen LogP contribution in [0.15, 0.2) is 90.3 Å². The van der Waals surface area contributed by atoms with Gasteiger partial charge in [-0.3, -0.25) is 13.9 Å². The molecule has 2 N–H and O–H groups in total. The van der Waals surface area contributed by atoms with Crippen molar-refractivity contribution in [2.75, 3.05) is 22.7 Å². The number of carbonyl (C=O) groups excluding carboxylic acids is 2. The summed E-state index contributed by atoms with van der Waals surface area (Å²) in [5, 5.41) is 5.26. The number of benzene rings is 3. The maximum atomic E-state index is 13.4. The molecule has 3 aromatic carbocycles. The van der Waals surface area contributed by atoms with Crippen LogP contribution in [0.1, 0.15) is 15.9 Å². The predicted octanol–water partition coefficient (Wildman–Crippen LogP) is 3.88. The Bertz CT molecular complexity index is 1290. The molecule has 0 aliphatic heterocycles. The van der Waals surface area contributed by atoms with Crippen molar-refractivity contribution >= 4 is 33.2 Å². The zero-order valence-electron chi connectivity index (χ0n) is 18.5. The highest BCUT2D eigenvalue weighted by molar-refractivity contribution is 7.92. The fourth-order valence-electron chi connectivity index (χ4n) is 3.13. The molecule has 0 spiro atoms. The van der Waals surface area contributed by atoms with E-state index in [0.29, 0.717) is 0 Å². The molecule has 0 aliphatic rings. The Morgan fingerprint density at radius 3 is 2.29 bits per heavy atom. The topological polar surface area (TPSA) is 95.6 Å². The molecule has 7 nitrogen and oxygen atoms in total. The molecule has 0 unspecified atom stereocenters. The Hall–Kier alpha value is -3.98. The first-order valence-corrected chi connectivity index (χ1v) is 11.8. The molecule has 0 atom stereocenters. The molecule has 3 aromatic rings. The second kappa shape index (κ2) is 10.8. The predicted molar refractivity (Wildman–Crippen MR) is 130 cm³/mol. The number of aryl methyl sites for hydroxylation is 1. The van der Waals surface area contributed by atoms with E-state index in [-0.39, 0.29) is 28.4 Å². The fourth-order valence-corrected chi connectivity index (χ4v) is 4.55. The highest BCUT2D eigenvalue weighted by atomic mass is 32.2. The molecule has 0 bridgehead atoms. The maximum Gasteiger partial charge on any atom is 0.264 e. The SMILES string of the molecule is C=CCNC(=O)c1ccccc1NC(=O)CN(c1ccc(C)cc1)S(=O)(=O)c1ccc(F)cc1. The average Bonchev–Trinajstić information content (AvgIpc) is 2.82. The lowest BCUT2D eigenvalue weighted by atomic mass is 10.1. The van der Waals surface area contributed by atoms with Gasteiger partial charge in [0.15, 0.2) is 0 Å². The summed E-state index contributed by atoms with van der Waals surface area (Å²) >= 11 is 0. The van der Waals surface area contributed by atoms with Crippen LogP contribution in [0.4, 0.5) is 15.8 Å². The lowest BCUT2D eigenvalue weighted by Gasteiger charge is -2.24. The first-order chi connectivity index (χ1) is 16.2. The van der Waals surface area contributed by atoms with E-state index in [1.54, 1.807) is 48.5 Å². The number of amides is 2. The Morgan fingerprint density at radius 1 is 1.00 bits per heavy atom. The monoisotopic (exact) mass is 481 g/mol. The highest BCUT2D eigenvalue weighted by Crippen LogP contribution is 2.25. The minimum atomic E-state index is -4.19. The van der Waals surface area contributed by atoms with Crippen LogP contribution in [-0.4, -0.2) is 33.3 Å². The van der Waals surface area contributed by atoms with E-state index in [0.717, 1.165) is 34.1 Å². The molecule has 2 amide bonds. The van der Waals surface area contributed by atoms with E-state index in [2.05, 4.69) is 17.2 Å². The molecule has 0 radical (unpaired) electrons. The Labute approximate surface area is 198 Å². The number of carbonyl (C=O) groups is 2. The van der Waals surface area contributed by atoms with Gasteiger partial charge in [0.05, 0.1) is 21.8 Å². The van der Waals surface area contributed by atoms with Crippen molar-refractivity contribution in [2.24, 2.45) is 0 Å². The van der Waals surface area contributed by atoms with Crippen molar-refractivity contribution in [2.45, 2.75) is 11.8 Å². The number of para-hydroxylation sites is 1. The number of nitrogens with zero attached hydrogens (tertiary/aromatic N) is 1. The van der Waals surface area contributed by atoms with Crippen LogP contribution in [0, 0.1) is 12.7 Å². The van der Waals surface area contributed by atoms with E-state index >= 15 is 0 Å². The first kappa shape index (κ1) is 24.7. The lowest BCUT2D eigenvalue weighted by molar-refractivity contribution is -0.114. The summed E-state index contributed by atoms with van der Waals surface area (Å²) in [6.07, 6.45) is 1.53. The van der Waals surface area contributed by atoms with Gasteiger partial charge in [0, 0.05) is 6.54 Å². The number of hydrogen-bond acceptors (Lipinski definition) is 4. The second-order valence-corrected chi connectivity index (χ2v) is 9.26. The second-order valence-electron chi connectivity index (χ2n) is 7.39. The van der Waals surface area contributed by atoms with Gasteiger partial charge < -0.3 is 10.6 Å². The summed E-state index contributed by atoms with van der Waals surface area (Å²) in [6, 6.07) is 17.4. The van der Waals surface area contributed by atoms with Crippen molar-refractivity contribution in [3.05, 3.63) is 102 Å². The molecule has 0 heterocycles. The van der Waals surface area contributed by atoms with Crippen LogP contribution in [-0.2, 0) is 14.8 Å². The van der Waals surface area contributed by atoms with Gasteiger partial charge in [0.1, 0.15) is 12.4 Å². The number of nitrogens with one attached hydrogen (secondary N) is 2. The Morgan fingerprint density at radius 2 is 1.65 bits per heavy atom. The van der Waals surface area contributed by atoms with Crippen molar-refractivity contribution < 1.29 is 22.4 Å². The normalized spacial score (nSPS) is 10.9. The van der Waals surface area contributed by atoms with E-state index in [1.807, 2.05) is 6.92 Å². The molecular formula is C25H24FN3O4S. The Balaban J connectivity index is 1.91. The van der Waals surface area contributed by atoms with Crippen LogP contribution in [0.25, 0.3) is 0 Å². The van der Waals surface area contributed by atoms with Crippen LogP contribution < -0.4 is 14.9 Å². The van der Waals surface area contributed by atoms with Gasteiger partial charge in [-0.2, -0.15) is 0 Å². The molecule has 0 aliphatic carbocycles. The van der Waals surface area contributed by atoms with Crippen molar-refractivity contribution in [1.82, 2.24) is 5.32 Å². The molecule has 0 aromatic heterocycles. The zero-order valence-corrected chi connectivity index (χ0v) is 19.3. The van der Waals surface area contributed by atoms with Gasteiger partial charge in [-0.05, 0) is 55.5 Å². The molecule has 0 fully saturated rings. The summed E-state index contributed by atoms with van der Waals surface area (Å²) in [5.74, 6) is -1.65. The van der Waals surface area contributed by atoms with Gasteiger partial charge in [-0.25, -0.2) is 12.8 Å². The van der Waals surface area contributed by atoms with Gasteiger partial charge in [0.25, 0.3) is 15.9 Å². The minimum absolute atomic E-state index is 0.161. The van der Waals surface area contributed by atoms with Crippen LogP contribution in [0.5, 0.6) is 0 Å². The van der Waals surface area contributed by atoms with E-state index < -0.39 is 34.2 Å². The number of halogens is 1. The van der Waals surface area contributed by atoms with Gasteiger partial charge in [-0.1, -0.05) is 35.9 Å². The standard InChI is InChI=1S/C25H24FN3O4S/c1-3-16-27-25(31)22-6-4-5-7-23(22)28-24(30)17-29(20-12-8-18(2)9-13-20)34(32,33)21-14-10-19(26)11-15-21/h3-15H,1,16-17H2,2H3,(H,27,31)(H,28,30). The van der Waals surface area contributed by atoms with Crippen molar-refractivity contribution in [1.29, 1.82) is 0 Å². The quantitative estimate of drug-likeness (QED) is 0.454. The number of sulfonamides is 1. The van der Waals surface area contributed by atoms with Crippen LogP contribution in [0.3, 0.4) is 0 Å². The molecule has 0 saturated carbocycles.